The summed E-state index contributed by atoms with van der Waals surface area (Å²) >= 11 is 0. The molecule has 0 fully saturated rings. The standard InChI is InChI=1S/C9H7NO2.H2O4S/c10-9(11)8-5-6-3-1-2-4-7(6)12-8;1-5(2,3)4/h1-5H,(H2,10,11);(H2,1,2,3,4). The average molecular weight is 259 g/mol. The van der Waals surface area contributed by atoms with Crippen molar-refractivity contribution in [2.45, 2.75) is 0 Å². The van der Waals surface area contributed by atoms with Gasteiger partial charge in [-0.2, -0.15) is 8.42 Å². The summed E-state index contributed by atoms with van der Waals surface area (Å²) in [4.78, 5) is 10.7. The molecule has 0 radical (unpaired) electrons. The molecule has 0 aliphatic carbocycles. The number of primary amides is 1. The molecule has 17 heavy (non-hydrogen) atoms. The van der Waals surface area contributed by atoms with Gasteiger partial charge in [-0.25, -0.2) is 0 Å². The van der Waals surface area contributed by atoms with E-state index in [2.05, 4.69) is 0 Å². The number of fused-ring (bicyclic) bond motifs is 1. The third kappa shape index (κ3) is 4.64. The van der Waals surface area contributed by atoms with Crippen LogP contribution in [0, 0.1) is 0 Å². The molecule has 1 aromatic carbocycles. The zero-order chi connectivity index (χ0) is 13.1. The van der Waals surface area contributed by atoms with Gasteiger partial charge in [-0.3, -0.25) is 13.9 Å². The van der Waals surface area contributed by atoms with Crippen LogP contribution in [0.4, 0.5) is 0 Å². The Bertz CT molecular complexity index is 589. The number of carbonyl (C=O) groups excluding carboxylic acids is 1. The lowest BCUT2D eigenvalue weighted by molar-refractivity contribution is 0.0976. The first-order valence-corrected chi connectivity index (χ1v) is 5.65. The van der Waals surface area contributed by atoms with E-state index in [9.17, 15) is 4.79 Å². The summed E-state index contributed by atoms with van der Waals surface area (Å²) in [7, 11) is -4.67. The van der Waals surface area contributed by atoms with Crippen molar-refractivity contribution in [3.63, 3.8) is 0 Å². The molecular weight excluding hydrogens is 250 g/mol. The number of benzene rings is 1. The summed E-state index contributed by atoms with van der Waals surface area (Å²) in [6.07, 6.45) is 0. The van der Waals surface area contributed by atoms with Crippen molar-refractivity contribution in [1.29, 1.82) is 0 Å². The highest BCUT2D eigenvalue weighted by molar-refractivity contribution is 7.79. The quantitative estimate of drug-likeness (QED) is 0.651. The second kappa shape index (κ2) is 4.95. The van der Waals surface area contributed by atoms with Gasteiger partial charge in [0.05, 0.1) is 0 Å². The van der Waals surface area contributed by atoms with Gasteiger partial charge in [0.2, 0.25) is 0 Å². The topological polar surface area (TPSA) is 131 Å². The highest BCUT2D eigenvalue weighted by atomic mass is 32.3. The van der Waals surface area contributed by atoms with Crippen LogP contribution in [0.25, 0.3) is 11.0 Å². The minimum Gasteiger partial charge on any atom is -0.451 e. The number of rotatable bonds is 1. The van der Waals surface area contributed by atoms with Crippen LogP contribution in [-0.4, -0.2) is 23.4 Å². The number of hydrogen-bond acceptors (Lipinski definition) is 4. The van der Waals surface area contributed by atoms with E-state index in [1.165, 1.54) is 0 Å². The molecule has 0 bridgehead atoms. The van der Waals surface area contributed by atoms with E-state index >= 15 is 0 Å². The minimum absolute atomic E-state index is 0.205. The van der Waals surface area contributed by atoms with Crippen molar-refractivity contribution in [2.24, 2.45) is 5.73 Å². The molecule has 7 nitrogen and oxygen atoms in total. The molecule has 1 aromatic heterocycles. The molecule has 0 unspecified atom stereocenters. The lowest BCUT2D eigenvalue weighted by Crippen LogP contribution is -2.08. The molecule has 0 spiro atoms. The average Bonchev–Trinajstić information content (AvgIpc) is 2.58. The zero-order valence-corrected chi connectivity index (χ0v) is 9.22. The van der Waals surface area contributed by atoms with Crippen LogP contribution in [0.1, 0.15) is 10.6 Å². The van der Waals surface area contributed by atoms with Gasteiger partial charge >= 0.3 is 10.4 Å². The van der Waals surface area contributed by atoms with Crippen molar-refractivity contribution in [3.05, 3.63) is 36.1 Å². The zero-order valence-electron chi connectivity index (χ0n) is 8.40. The van der Waals surface area contributed by atoms with Crippen LogP contribution in [0.3, 0.4) is 0 Å². The maximum absolute atomic E-state index is 10.7. The SMILES string of the molecule is NC(=O)c1cc2ccccc2o1.O=S(=O)(O)O. The molecule has 1 amide bonds. The maximum atomic E-state index is 10.7. The maximum Gasteiger partial charge on any atom is 0.394 e. The van der Waals surface area contributed by atoms with E-state index in [-0.39, 0.29) is 5.76 Å². The lowest BCUT2D eigenvalue weighted by atomic mass is 10.2. The first-order chi connectivity index (χ1) is 7.77. The molecule has 0 saturated heterocycles. The van der Waals surface area contributed by atoms with E-state index in [1.54, 1.807) is 12.1 Å². The normalized spacial score (nSPS) is 10.7. The number of para-hydroxylation sites is 1. The van der Waals surface area contributed by atoms with Crippen LogP contribution in [0.15, 0.2) is 34.7 Å². The van der Waals surface area contributed by atoms with Gasteiger partial charge in [-0.05, 0) is 12.1 Å². The molecule has 0 aliphatic rings. The van der Waals surface area contributed by atoms with E-state index in [4.69, 9.17) is 27.7 Å². The molecule has 0 aliphatic heterocycles. The molecule has 2 rings (SSSR count). The van der Waals surface area contributed by atoms with Crippen molar-refractivity contribution in [2.75, 3.05) is 0 Å². The Labute approximate surface area is 96.4 Å². The predicted octanol–water partition coefficient (Wildman–Crippen LogP) is 0.879. The molecule has 92 valence electrons. The van der Waals surface area contributed by atoms with Crippen molar-refractivity contribution >= 4 is 27.3 Å². The van der Waals surface area contributed by atoms with E-state index in [1.807, 2.05) is 18.2 Å². The second-order valence-corrected chi connectivity index (χ2v) is 3.86. The second-order valence-electron chi connectivity index (χ2n) is 2.96. The Kier molecular flexibility index (Phi) is 3.84. The Morgan fingerprint density at radius 2 is 1.76 bits per heavy atom. The fourth-order valence-electron chi connectivity index (χ4n) is 1.10. The molecule has 8 heteroatoms. The summed E-state index contributed by atoms with van der Waals surface area (Å²) in [6, 6.07) is 9.02. The van der Waals surface area contributed by atoms with Crippen LogP contribution in [-0.2, 0) is 10.4 Å². The van der Waals surface area contributed by atoms with Crippen LogP contribution in [0.5, 0.6) is 0 Å². The first kappa shape index (κ1) is 13.2. The summed E-state index contributed by atoms with van der Waals surface area (Å²) < 4.78 is 36.7. The van der Waals surface area contributed by atoms with Crippen molar-refractivity contribution in [1.82, 2.24) is 0 Å². The van der Waals surface area contributed by atoms with Gasteiger partial charge in [-0.15, -0.1) is 0 Å². The smallest absolute Gasteiger partial charge is 0.394 e. The highest BCUT2D eigenvalue weighted by Gasteiger charge is 2.06. The first-order valence-electron chi connectivity index (χ1n) is 4.25. The van der Waals surface area contributed by atoms with E-state index in [0.29, 0.717) is 5.58 Å². The summed E-state index contributed by atoms with van der Waals surface area (Å²) in [5.74, 6) is -0.331. The Morgan fingerprint density at radius 3 is 2.24 bits per heavy atom. The summed E-state index contributed by atoms with van der Waals surface area (Å²) in [6.45, 7) is 0. The largest absolute Gasteiger partial charge is 0.451 e. The van der Waals surface area contributed by atoms with Gasteiger partial charge < -0.3 is 10.2 Å². The number of furan rings is 1. The molecule has 1 heterocycles. The number of amides is 1. The van der Waals surface area contributed by atoms with E-state index in [0.717, 1.165) is 5.39 Å². The van der Waals surface area contributed by atoms with Crippen molar-refractivity contribution < 1.29 is 26.7 Å². The van der Waals surface area contributed by atoms with Gasteiger partial charge in [0, 0.05) is 5.39 Å². The predicted molar refractivity (Wildman–Crippen MR) is 58.9 cm³/mol. The fourth-order valence-corrected chi connectivity index (χ4v) is 1.10. The number of hydrogen-bond donors (Lipinski definition) is 3. The Morgan fingerprint density at radius 1 is 1.24 bits per heavy atom. The Hall–Kier alpha value is -1.90. The van der Waals surface area contributed by atoms with Crippen LogP contribution >= 0.6 is 0 Å². The monoisotopic (exact) mass is 259 g/mol. The van der Waals surface area contributed by atoms with E-state index < -0.39 is 16.3 Å². The van der Waals surface area contributed by atoms with Crippen LogP contribution in [0.2, 0.25) is 0 Å². The third-order valence-corrected chi connectivity index (χ3v) is 1.67. The molecule has 0 atom stereocenters. The van der Waals surface area contributed by atoms with Crippen LogP contribution < -0.4 is 5.73 Å². The number of nitrogens with two attached hydrogens (primary N) is 1. The lowest BCUT2D eigenvalue weighted by Gasteiger charge is -1.83. The molecule has 0 saturated carbocycles. The third-order valence-electron chi connectivity index (χ3n) is 1.67. The molecule has 2 aromatic rings. The van der Waals surface area contributed by atoms with Gasteiger partial charge in [0.25, 0.3) is 5.91 Å². The molecule has 4 N–H and O–H groups in total. The molecular formula is C9H9NO6S. The van der Waals surface area contributed by atoms with Gasteiger partial charge in [-0.1, -0.05) is 18.2 Å². The number of carbonyl (C=O) groups is 1. The Balaban J connectivity index is 0.000000249. The van der Waals surface area contributed by atoms with Gasteiger partial charge in [0.1, 0.15) is 5.58 Å². The minimum atomic E-state index is -4.67. The van der Waals surface area contributed by atoms with Gasteiger partial charge in [0.15, 0.2) is 5.76 Å². The van der Waals surface area contributed by atoms with Crippen molar-refractivity contribution in [3.8, 4) is 0 Å². The highest BCUT2D eigenvalue weighted by Crippen LogP contribution is 2.17. The summed E-state index contributed by atoms with van der Waals surface area (Å²) in [5.41, 5.74) is 5.73. The summed E-state index contributed by atoms with van der Waals surface area (Å²) in [5, 5.41) is 0.895. The fraction of sp³-hybridized carbons (Fsp3) is 0.